The van der Waals surface area contributed by atoms with Crippen molar-refractivity contribution in [2.24, 2.45) is 0 Å². The van der Waals surface area contributed by atoms with Gasteiger partial charge in [-0.1, -0.05) is 29.8 Å². The first-order valence-electron chi connectivity index (χ1n) is 5.31. The average molecular weight is 263 g/mol. The molecule has 0 heterocycles. The highest BCUT2D eigenvalue weighted by Gasteiger charge is 2.11. The molecule has 2 aromatic carbocycles. The Hall–Kier alpha value is -2.00. The molecule has 0 saturated carbocycles. The zero-order chi connectivity index (χ0) is 13.0. The number of aldehydes is 1. The number of para-hydroxylation sites is 3. The molecule has 0 aliphatic carbocycles. The van der Waals surface area contributed by atoms with Gasteiger partial charge in [0, 0.05) is 0 Å². The molecule has 0 bridgehead atoms. The van der Waals surface area contributed by atoms with Gasteiger partial charge in [-0.3, -0.25) is 4.79 Å². The number of hydrogen-bond acceptors (Lipinski definition) is 3. The van der Waals surface area contributed by atoms with Gasteiger partial charge < -0.3 is 9.47 Å². The minimum atomic E-state index is 0.332. The van der Waals surface area contributed by atoms with Crippen molar-refractivity contribution in [2.45, 2.75) is 0 Å². The van der Waals surface area contributed by atoms with Crippen molar-refractivity contribution in [3.8, 4) is 17.2 Å². The Morgan fingerprint density at radius 1 is 1.06 bits per heavy atom. The van der Waals surface area contributed by atoms with Gasteiger partial charge in [-0.15, -0.1) is 0 Å². The van der Waals surface area contributed by atoms with Gasteiger partial charge in [-0.25, -0.2) is 0 Å². The first-order chi connectivity index (χ1) is 8.76. The Bertz CT molecular complexity index is 567. The van der Waals surface area contributed by atoms with E-state index in [1.807, 2.05) is 12.1 Å². The van der Waals surface area contributed by atoms with Crippen LogP contribution in [0.25, 0.3) is 0 Å². The van der Waals surface area contributed by atoms with Gasteiger partial charge in [0.2, 0.25) is 0 Å². The Morgan fingerprint density at radius 2 is 1.78 bits per heavy atom. The molecule has 0 unspecified atom stereocenters. The second-order valence-corrected chi connectivity index (χ2v) is 3.94. The number of rotatable bonds is 4. The summed E-state index contributed by atoms with van der Waals surface area (Å²) in [5.41, 5.74) is 0.397. The van der Waals surface area contributed by atoms with Crippen molar-refractivity contribution >= 4 is 17.9 Å². The van der Waals surface area contributed by atoms with Crippen LogP contribution in [-0.4, -0.2) is 13.4 Å². The van der Waals surface area contributed by atoms with E-state index in [0.717, 1.165) is 0 Å². The van der Waals surface area contributed by atoms with Gasteiger partial charge in [-0.2, -0.15) is 0 Å². The maximum absolute atomic E-state index is 11.0. The summed E-state index contributed by atoms with van der Waals surface area (Å²) in [5.74, 6) is 1.42. The van der Waals surface area contributed by atoms with E-state index in [2.05, 4.69) is 0 Å². The molecule has 0 aromatic heterocycles. The molecule has 2 rings (SSSR count). The molecular weight excluding hydrogens is 252 g/mol. The van der Waals surface area contributed by atoms with Crippen LogP contribution in [0.4, 0.5) is 0 Å². The van der Waals surface area contributed by atoms with Gasteiger partial charge in [0.05, 0.1) is 17.7 Å². The molecule has 0 aliphatic rings. The zero-order valence-electron chi connectivity index (χ0n) is 9.72. The van der Waals surface area contributed by atoms with Crippen molar-refractivity contribution < 1.29 is 14.3 Å². The van der Waals surface area contributed by atoms with E-state index < -0.39 is 0 Å². The predicted octanol–water partition coefficient (Wildman–Crippen LogP) is 3.95. The van der Waals surface area contributed by atoms with Crippen LogP contribution in [0.1, 0.15) is 10.4 Å². The van der Waals surface area contributed by atoms with E-state index >= 15 is 0 Å². The SMILES string of the molecule is COc1ccccc1Oc1c(Cl)cccc1C=O. The third-order valence-corrected chi connectivity index (χ3v) is 2.70. The van der Waals surface area contributed by atoms with E-state index in [-0.39, 0.29) is 0 Å². The molecule has 2 aromatic rings. The minimum absolute atomic E-state index is 0.332. The summed E-state index contributed by atoms with van der Waals surface area (Å²) in [6, 6.07) is 12.2. The number of carbonyl (C=O) groups excluding carboxylic acids is 1. The summed E-state index contributed by atoms with van der Waals surface area (Å²) in [6.07, 6.45) is 0.705. The average Bonchev–Trinajstić information content (AvgIpc) is 2.41. The lowest BCUT2D eigenvalue weighted by molar-refractivity contribution is 0.112. The standard InChI is InChI=1S/C14H11ClO3/c1-17-12-7-2-3-8-13(12)18-14-10(9-16)5-4-6-11(14)15/h2-9H,1H3. The second kappa shape index (κ2) is 5.56. The Balaban J connectivity index is 2.42. The van der Waals surface area contributed by atoms with Gasteiger partial charge in [0.15, 0.2) is 23.5 Å². The summed E-state index contributed by atoms with van der Waals surface area (Å²) in [6.45, 7) is 0. The third-order valence-electron chi connectivity index (χ3n) is 2.41. The highest BCUT2D eigenvalue weighted by molar-refractivity contribution is 6.32. The first kappa shape index (κ1) is 12.5. The number of hydrogen-bond donors (Lipinski definition) is 0. The largest absolute Gasteiger partial charge is 0.493 e. The lowest BCUT2D eigenvalue weighted by Gasteiger charge is -2.12. The number of methoxy groups -OCH3 is 1. The molecule has 4 heteroatoms. The molecule has 0 amide bonds. The van der Waals surface area contributed by atoms with Crippen LogP contribution in [0.2, 0.25) is 5.02 Å². The van der Waals surface area contributed by atoms with Crippen LogP contribution < -0.4 is 9.47 Å². The monoisotopic (exact) mass is 262 g/mol. The highest BCUT2D eigenvalue weighted by Crippen LogP contribution is 2.36. The van der Waals surface area contributed by atoms with Crippen molar-refractivity contribution in [1.29, 1.82) is 0 Å². The van der Waals surface area contributed by atoms with Gasteiger partial charge in [0.1, 0.15) is 0 Å². The summed E-state index contributed by atoms with van der Waals surface area (Å²) in [7, 11) is 1.55. The Labute approximate surface area is 110 Å². The summed E-state index contributed by atoms with van der Waals surface area (Å²) in [5, 5.41) is 0.380. The molecule has 92 valence electrons. The van der Waals surface area contributed by atoms with E-state index in [9.17, 15) is 4.79 Å². The van der Waals surface area contributed by atoms with Gasteiger partial charge in [0.25, 0.3) is 0 Å². The normalized spacial score (nSPS) is 9.89. The maximum Gasteiger partial charge on any atom is 0.169 e. The summed E-state index contributed by atoms with van der Waals surface area (Å²) < 4.78 is 10.8. The molecule has 0 fully saturated rings. The smallest absolute Gasteiger partial charge is 0.169 e. The summed E-state index contributed by atoms with van der Waals surface area (Å²) >= 11 is 6.03. The van der Waals surface area contributed by atoms with Crippen molar-refractivity contribution in [1.82, 2.24) is 0 Å². The van der Waals surface area contributed by atoms with Crippen LogP contribution in [0.15, 0.2) is 42.5 Å². The molecule has 0 radical (unpaired) electrons. The number of ether oxygens (including phenoxy) is 2. The number of carbonyl (C=O) groups is 1. The Morgan fingerprint density at radius 3 is 2.44 bits per heavy atom. The van der Waals surface area contributed by atoms with Gasteiger partial charge >= 0.3 is 0 Å². The van der Waals surface area contributed by atoms with Crippen LogP contribution in [0.5, 0.6) is 17.2 Å². The topological polar surface area (TPSA) is 35.5 Å². The van der Waals surface area contributed by atoms with Gasteiger partial charge in [-0.05, 0) is 24.3 Å². The van der Waals surface area contributed by atoms with Crippen LogP contribution >= 0.6 is 11.6 Å². The van der Waals surface area contributed by atoms with E-state index in [0.29, 0.717) is 34.1 Å². The molecule has 0 N–H and O–H groups in total. The van der Waals surface area contributed by atoms with Crippen molar-refractivity contribution in [3.63, 3.8) is 0 Å². The lowest BCUT2D eigenvalue weighted by atomic mass is 10.2. The molecule has 0 atom stereocenters. The fourth-order valence-corrected chi connectivity index (χ4v) is 1.76. The Kier molecular flexibility index (Phi) is 3.85. The molecular formula is C14H11ClO3. The number of benzene rings is 2. The fourth-order valence-electron chi connectivity index (χ4n) is 1.54. The molecule has 0 spiro atoms. The zero-order valence-corrected chi connectivity index (χ0v) is 10.5. The molecule has 18 heavy (non-hydrogen) atoms. The van der Waals surface area contributed by atoms with Crippen molar-refractivity contribution in [3.05, 3.63) is 53.1 Å². The van der Waals surface area contributed by atoms with Crippen molar-refractivity contribution in [2.75, 3.05) is 7.11 Å². The summed E-state index contributed by atoms with van der Waals surface area (Å²) in [4.78, 5) is 11.0. The molecule has 0 aliphatic heterocycles. The molecule has 0 saturated heterocycles. The van der Waals surface area contributed by atoms with E-state index in [4.69, 9.17) is 21.1 Å². The highest BCUT2D eigenvalue weighted by atomic mass is 35.5. The molecule has 3 nitrogen and oxygen atoms in total. The third kappa shape index (κ3) is 2.46. The van der Waals surface area contributed by atoms with Crippen LogP contribution in [0, 0.1) is 0 Å². The fraction of sp³-hybridized carbons (Fsp3) is 0.0714. The predicted molar refractivity (Wildman–Crippen MR) is 69.9 cm³/mol. The second-order valence-electron chi connectivity index (χ2n) is 3.53. The number of halogens is 1. The minimum Gasteiger partial charge on any atom is -0.493 e. The van der Waals surface area contributed by atoms with E-state index in [1.165, 1.54) is 0 Å². The quantitative estimate of drug-likeness (QED) is 0.783. The van der Waals surface area contributed by atoms with E-state index in [1.54, 1.807) is 37.4 Å². The maximum atomic E-state index is 11.0. The first-order valence-corrected chi connectivity index (χ1v) is 5.68. The lowest BCUT2D eigenvalue weighted by Crippen LogP contribution is -1.94. The van der Waals surface area contributed by atoms with Crippen LogP contribution in [-0.2, 0) is 0 Å². The van der Waals surface area contributed by atoms with Crippen LogP contribution in [0.3, 0.4) is 0 Å².